The van der Waals surface area contributed by atoms with Gasteiger partial charge >= 0.3 is 5.51 Å². The first-order valence-corrected chi connectivity index (χ1v) is 13.4. The van der Waals surface area contributed by atoms with Gasteiger partial charge in [-0.15, -0.1) is 0 Å². The quantitative estimate of drug-likeness (QED) is 0.274. The van der Waals surface area contributed by atoms with E-state index in [2.05, 4.69) is 37.8 Å². The Morgan fingerprint density at radius 3 is 2.69 bits per heavy atom. The Morgan fingerprint density at radius 1 is 1.28 bits per heavy atom. The van der Waals surface area contributed by atoms with Gasteiger partial charge in [0.15, 0.2) is 5.76 Å². The predicted molar refractivity (Wildman–Crippen MR) is 139 cm³/mol. The van der Waals surface area contributed by atoms with E-state index in [-0.39, 0.29) is 36.1 Å². The van der Waals surface area contributed by atoms with Crippen LogP contribution in [0.3, 0.4) is 0 Å². The smallest absolute Gasteiger partial charge is 0.455 e. The fraction of sp³-hybridized carbons (Fsp3) is 0.400. The van der Waals surface area contributed by atoms with Crippen LogP contribution in [0.1, 0.15) is 31.7 Å². The summed E-state index contributed by atoms with van der Waals surface area (Å²) in [4.78, 5) is 14.6. The molecule has 2 heterocycles. The Labute approximate surface area is 219 Å². The number of nitrogens with two attached hydrogens (primary N) is 1. The lowest BCUT2D eigenvalue weighted by Gasteiger charge is -2.28. The number of benzene rings is 2. The number of carbonyl (C=O) groups excluding carboxylic acids is 1. The molecule has 3 atom stereocenters. The van der Waals surface area contributed by atoms with Gasteiger partial charge in [0.05, 0.1) is 28.3 Å². The van der Waals surface area contributed by atoms with Gasteiger partial charge in [0, 0.05) is 23.5 Å². The van der Waals surface area contributed by atoms with Crippen molar-refractivity contribution in [2.24, 2.45) is 11.7 Å². The van der Waals surface area contributed by atoms with Gasteiger partial charge in [0.1, 0.15) is 11.6 Å². The zero-order valence-electron chi connectivity index (χ0n) is 19.4. The van der Waals surface area contributed by atoms with Crippen molar-refractivity contribution in [2.45, 2.75) is 56.5 Å². The van der Waals surface area contributed by atoms with Gasteiger partial charge < -0.3 is 14.9 Å². The number of carbonyl (C=O) groups is 1. The molecule has 0 spiro atoms. The third-order valence-corrected chi connectivity index (χ3v) is 8.14. The zero-order valence-corrected chi connectivity index (χ0v) is 21.8. The van der Waals surface area contributed by atoms with Crippen LogP contribution in [0.4, 0.5) is 18.9 Å². The first-order chi connectivity index (χ1) is 17.2. The van der Waals surface area contributed by atoms with Crippen molar-refractivity contribution in [2.75, 3.05) is 4.72 Å². The number of para-hydroxylation sites is 1. The number of hydrogen-bond acceptors (Lipinski definition) is 6. The second-order valence-corrected chi connectivity index (χ2v) is 10.9. The van der Waals surface area contributed by atoms with Gasteiger partial charge in [-0.3, -0.25) is 15.0 Å². The molecule has 5 rings (SSSR count). The second kappa shape index (κ2) is 9.92. The van der Waals surface area contributed by atoms with E-state index in [1.165, 1.54) is 0 Å². The first kappa shape index (κ1) is 25.4. The summed E-state index contributed by atoms with van der Waals surface area (Å²) in [5.74, 6) is 0.606. The van der Waals surface area contributed by atoms with Crippen molar-refractivity contribution in [3.8, 4) is 11.3 Å². The average molecular weight is 583 g/mol. The van der Waals surface area contributed by atoms with Crippen molar-refractivity contribution in [3.63, 3.8) is 0 Å². The van der Waals surface area contributed by atoms with Crippen LogP contribution in [0.25, 0.3) is 22.3 Å². The van der Waals surface area contributed by atoms with Crippen LogP contribution >= 0.6 is 27.9 Å². The Kier molecular flexibility index (Phi) is 7.01. The highest BCUT2D eigenvalue weighted by Gasteiger charge is 2.49. The van der Waals surface area contributed by atoms with E-state index < -0.39 is 5.51 Å². The van der Waals surface area contributed by atoms with Crippen molar-refractivity contribution < 1.29 is 22.4 Å². The minimum Gasteiger partial charge on any atom is -0.455 e. The molecule has 6 nitrogen and oxygen atoms in total. The Balaban J connectivity index is 1.45. The number of fused-ring (bicyclic) bond motifs is 1. The van der Waals surface area contributed by atoms with Gasteiger partial charge in [-0.05, 0) is 70.9 Å². The summed E-state index contributed by atoms with van der Waals surface area (Å²) in [5, 5.41) is 4.42. The summed E-state index contributed by atoms with van der Waals surface area (Å²) in [7, 11) is 0. The third-order valence-electron chi connectivity index (χ3n) is 6.80. The highest BCUT2D eigenvalue weighted by Crippen LogP contribution is 2.43. The highest BCUT2D eigenvalue weighted by atomic mass is 79.9. The van der Waals surface area contributed by atoms with Crippen molar-refractivity contribution >= 4 is 50.4 Å². The fourth-order valence-electron chi connectivity index (χ4n) is 5.04. The number of anilines is 1. The summed E-state index contributed by atoms with van der Waals surface area (Å²) in [6.45, 7) is 2.62. The number of primary amides is 1. The molecule has 11 heteroatoms. The lowest BCUT2D eigenvalue weighted by atomic mass is 10.0. The Hall–Kier alpha value is -2.21. The van der Waals surface area contributed by atoms with E-state index >= 15 is 0 Å². The normalized spacial score (nSPS) is 22.9. The summed E-state index contributed by atoms with van der Waals surface area (Å²) >= 11 is 3.29. The number of furan rings is 1. The summed E-state index contributed by atoms with van der Waals surface area (Å²) < 4.78 is 47.4. The minimum atomic E-state index is -4.42. The molecule has 3 aromatic rings. The number of hydrogen-bond donors (Lipinski definition) is 3. The van der Waals surface area contributed by atoms with Gasteiger partial charge in [-0.1, -0.05) is 25.1 Å². The summed E-state index contributed by atoms with van der Waals surface area (Å²) in [6, 6.07) is 12.2. The minimum absolute atomic E-state index is 0.0521. The van der Waals surface area contributed by atoms with Crippen LogP contribution < -0.4 is 15.8 Å². The number of rotatable bonds is 8. The zero-order chi connectivity index (χ0) is 25.6. The molecule has 1 saturated carbocycles. The van der Waals surface area contributed by atoms with Crippen LogP contribution in [0.5, 0.6) is 0 Å². The van der Waals surface area contributed by atoms with Crippen LogP contribution in [-0.4, -0.2) is 34.6 Å². The SMILES string of the molecule is CCC1NC(C2CC2)C(C(N)=O)N1Cc1ccc2oc(-c3ccccc3NSC(F)(F)F)c(Br)c2c1. The summed E-state index contributed by atoms with van der Waals surface area (Å²) in [5.41, 5.74) is 3.81. The molecule has 1 amide bonds. The van der Waals surface area contributed by atoms with Crippen LogP contribution in [0, 0.1) is 5.92 Å². The van der Waals surface area contributed by atoms with E-state index in [1.807, 2.05) is 18.2 Å². The molecule has 1 aliphatic heterocycles. The number of alkyl halides is 3. The van der Waals surface area contributed by atoms with Crippen molar-refractivity contribution in [1.82, 2.24) is 10.2 Å². The summed E-state index contributed by atoms with van der Waals surface area (Å²) in [6.07, 6.45) is 3.12. The molecule has 2 aliphatic rings. The van der Waals surface area contributed by atoms with Crippen LogP contribution in [0.15, 0.2) is 51.4 Å². The topological polar surface area (TPSA) is 83.5 Å². The van der Waals surface area contributed by atoms with Gasteiger partial charge in [0.2, 0.25) is 5.91 Å². The lowest BCUT2D eigenvalue weighted by molar-refractivity contribution is -0.123. The van der Waals surface area contributed by atoms with Gasteiger partial charge in [0.25, 0.3) is 0 Å². The number of halogens is 4. The molecule has 1 aliphatic carbocycles. The lowest BCUT2D eigenvalue weighted by Crippen LogP contribution is -2.47. The number of amides is 1. The molecule has 1 saturated heterocycles. The third kappa shape index (κ3) is 5.11. The molecule has 192 valence electrons. The van der Waals surface area contributed by atoms with E-state index in [1.54, 1.807) is 24.3 Å². The van der Waals surface area contributed by atoms with E-state index in [4.69, 9.17) is 10.2 Å². The van der Waals surface area contributed by atoms with Crippen LogP contribution in [0.2, 0.25) is 0 Å². The van der Waals surface area contributed by atoms with Gasteiger partial charge in [-0.25, -0.2) is 0 Å². The first-order valence-electron chi connectivity index (χ1n) is 11.8. The average Bonchev–Trinajstić information content (AvgIpc) is 3.55. The standard InChI is InChI=1S/C25H26BrF3N4O2S/c1-2-19-31-21(14-8-9-14)22(24(30)34)33(19)12-13-7-10-18-16(11-13)20(26)23(35-18)15-5-3-4-6-17(15)32-36-25(27,28)29/h3-7,10-11,14,19,21-22,31-32H,2,8-9,12H2,1H3,(H2,30,34). The Bertz CT molecular complexity index is 1280. The van der Waals surface area contributed by atoms with E-state index in [0.717, 1.165) is 30.2 Å². The highest BCUT2D eigenvalue weighted by molar-refractivity contribution is 9.10. The molecule has 1 aromatic heterocycles. The maximum Gasteiger partial charge on any atom is 0.461 e. The second-order valence-electron chi connectivity index (χ2n) is 9.24. The Morgan fingerprint density at radius 2 is 2.03 bits per heavy atom. The molecular weight excluding hydrogens is 557 g/mol. The number of nitrogens with zero attached hydrogens (tertiary/aromatic N) is 1. The molecule has 2 fully saturated rings. The van der Waals surface area contributed by atoms with Gasteiger partial charge in [-0.2, -0.15) is 13.2 Å². The predicted octanol–water partition coefficient (Wildman–Crippen LogP) is 6.22. The fourth-order valence-corrected chi connectivity index (χ4v) is 6.05. The molecule has 0 radical (unpaired) electrons. The molecule has 36 heavy (non-hydrogen) atoms. The van der Waals surface area contributed by atoms with Crippen molar-refractivity contribution in [1.29, 1.82) is 0 Å². The molecule has 3 unspecified atom stereocenters. The van der Waals surface area contributed by atoms with E-state index in [0.29, 0.717) is 39.5 Å². The largest absolute Gasteiger partial charge is 0.461 e. The van der Waals surface area contributed by atoms with Crippen molar-refractivity contribution in [3.05, 3.63) is 52.5 Å². The monoisotopic (exact) mass is 582 g/mol. The molecule has 2 aromatic carbocycles. The molecule has 4 N–H and O–H groups in total. The molecular formula is C25H26BrF3N4O2S. The maximum atomic E-state index is 12.8. The molecule has 0 bridgehead atoms. The number of nitrogens with one attached hydrogen (secondary N) is 2. The van der Waals surface area contributed by atoms with Crippen LogP contribution in [-0.2, 0) is 11.3 Å². The maximum absolute atomic E-state index is 12.8. The van der Waals surface area contributed by atoms with E-state index in [9.17, 15) is 18.0 Å².